The molecule has 1 amide bonds. The number of likely N-dealkylation sites (tertiary alicyclic amines) is 1. The normalized spacial score (nSPS) is 21.0. The third-order valence-corrected chi connectivity index (χ3v) is 2.43. The maximum atomic E-state index is 12.2. The molecule has 0 radical (unpaired) electrons. The molecule has 0 aromatic heterocycles. The monoisotopic (exact) mass is 231 g/mol. The van der Waals surface area contributed by atoms with Crippen LogP contribution in [0.25, 0.3) is 0 Å². The number of nitrogens with zero attached hydrogens (tertiary/aromatic N) is 1. The molecule has 1 aliphatic rings. The molecule has 0 saturated carbocycles. The maximum absolute atomic E-state index is 12.2. The number of halogens is 1. The number of carbonyl (C=O) groups excluding carboxylic acids is 2. The van der Waals surface area contributed by atoms with Crippen molar-refractivity contribution in [1.82, 2.24) is 4.90 Å². The van der Waals surface area contributed by atoms with Crippen LogP contribution in [0, 0.1) is 5.92 Å². The summed E-state index contributed by atoms with van der Waals surface area (Å²) in [4.78, 5) is 24.2. The molecular formula is C11H18FNO3. The largest absolute Gasteiger partial charge is 0.444 e. The van der Waals surface area contributed by atoms with Gasteiger partial charge in [0.15, 0.2) is 5.78 Å². The highest BCUT2D eigenvalue weighted by atomic mass is 19.1. The van der Waals surface area contributed by atoms with Crippen LogP contribution in [-0.2, 0) is 9.53 Å². The number of hydrogen-bond donors (Lipinski definition) is 0. The van der Waals surface area contributed by atoms with Gasteiger partial charge in [0.2, 0.25) is 0 Å². The predicted octanol–water partition coefficient (Wildman–Crippen LogP) is 1.78. The number of alkyl halides is 1. The van der Waals surface area contributed by atoms with Crippen molar-refractivity contribution >= 4 is 11.9 Å². The molecule has 1 saturated heterocycles. The summed E-state index contributed by atoms with van der Waals surface area (Å²) in [5, 5.41) is 0. The van der Waals surface area contributed by atoms with Gasteiger partial charge in [-0.1, -0.05) is 0 Å². The Balaban J connectivity index is 2.47. The van der Waals surface area contributed by atoms with Crippen LogP contribution in [0.15, 0.2) is 0 Å². The molecule has 1 rings (SSSR count). The van der Waals surface area contributed by atoms with Crippen molar-refractivity contribution in [2.24, 2.45) is 5.92 Å². The molecule has 0 aliphatic carbocycles. The van der Waals surface area contributed by atoms with Gasteiger partial charge in [-0.3, -0.25) is 4.79 Å². The molecule has 5 heteroatoms. The lowest BCUT2D eigenvalue weighted by Gasteiger charge is -2.24. The van der Waals surface area contributed by atoms with E-state index in [0.717, 1.165) is 0 Å². The summed E-state index contributed by atoms with van der Waals surface area (Å²) in [7, 11) is 0. The van der Waals surface area contributed by atoms with Gasteiger partial charge in [0.25, 0.3) is 0 Å². The van der Waals surface area contributed by atoms with E-state index < -0.39 is 24.2 Å². The van der Waals surface area contributed by atoms with Crippen molar-refractivity contribution in [3.63, 3.8) is 0 Å². The van der Waals surface area contributed by atoms with Gasteiger partial charge in [-0.25, -0.2) is 9.18 Å². The van der Waals surface area contributed by atoms with E-state index in [0.29, 0.717) is 13.0 Å². The first-order chi connectivity index (χ1) is 7.33. The molecular weight excluding hydrogens is 213 g/mol. The zero-order valence-corrected chi connectivity index (χ0v) is 9.96. The molecule has 1 atom stereocenters. The van der Waals surface area contributed by atoms with Crippen LogP contribution in [-0.4, -0.2) is 42.1 Å². The van der Waals surface area contributed by atoms with Crippen LogP contribution in [0.3, 0.4) is 0 Å². The highest BCUT2D eigenvalue weighted by Gasteiger charge is 2.32. The zero-order valence-electron chi connectivity index (χ0n) is 9.96. The van der Waals surface area contributed by atoms with E-state index in [1.165, 1.54) is 4.90 Å². The highest BCUT2D eigenvalue weighted by Crippen LogP contribution is 2.20. The topological polar surface area (TPSA) is 46.6 Å². The summed E-state index contributed by atoms with van der Waals surface area (Å²) in [5.74, 6) is -0.788. The second-order valence-electron chi connectivity index (χ2n) is 5.01. The van der Waals surface area contributed by atoms with Gasteiger partial charge in [0, 0.05) is 19.0 Å². The molecule has 0 aromatic rings. The van der Waals surface area contributed by atoms with Crippen molar-refractivity contribution in [1.29, 1.82) is 0 Å². The standard InChI is InChI=1S/C11H18FNO3/c1-11(2,3)16-10(15)13-5-4-8(7-13)9(14)6-12/h8H,4-7H2,1-3H3. The molecule has 1 fully saturated rings. The number of carbonyl (C=O) groups is 2. The van der Waals surface area contributed by atoms with Crippen molar-refractivity contribution in [2.75, 3.05) is 19.8 Å². The van der Waals surface area contributed by atoms with E-state index in [9.17, 15) is 14.0 Å². The number of amides is 1. The van der Waals surface area contributed by atoms with Gasteiger partial charge in [0.1, 0.15) is 12.3 Å². The van der Waals surface area contributed by atoms with E-state index >= 15 is 0 Å². The van der Waals surface area contributed by atoms with Crippen LogP contribution in [0.4, 0.5) is 9.18 Å². The lowest BCUT2D eigenvalue weighted by atomic mass is 10.1. The van der Waals surface area contributed by atoms with E-state index in [1.54, 1.807) is 20.8 Å². The minimum atomic E-state index is -0.952. The Morgan fingerprint density at radius 2 is 2.06 bits per heavy atom. The third kappa shape index (κ3) is 3.47. The Labute approximate surface area is 94.7 Å². The molecule has 0 N–H and O–H groups in total. The number of hydrogen-bond acceptors (Lipinski definition) is 3. The maximum Gasteiger partial charge on any atom is 0.410 e. The molecule has 16 heavy (non-hydrogen) atoms. The molecule has 0 aromatic carbocycles. The van der Waals surface area contributed by atoms with Crippen LogP contribution in [0.1, 0.15) is 27.2 Å². The van der Waals surface area contributed by atoms with E-state index in [2.05, 4.69) is 0 Å². The Bertz CT molecular complexity index is 285. The second kappa shape index (κ2) is 4.80. The fourth-order valence-electron chi connectivity index (χ4n) is 1.62. The molecule has 1 aliphatic heterocycles. The fraction of sp³-hybridized carbons (Fsp3) is 0.818. The number of ether oxygens (including phenoxy) is 1. The predicted molar refractivity (Wildman–Crippen MR) is 56.9 cm³/mol. The Hall–Kier alpha value is -1.13. The third-order valence-electron chi connectivity index (χ3n) is 2.43. The van der Waals surface area contributed by atoms with Crippen LogP contribution in [0.2, 0.25) is 0 Å². The fourth-order valence-corrected chi connectivity index (χ4v) is 1.62. The second-order valence-corrected chi connectivity index (χ2v) is 5.01. The van der Waals surface area contributed by atoms with Gasteiger partial charge in [0.05, 0.1) is 0 Å². The minimum absolute atomic E-state index is 0.275. The molecule has 1 heterocycles. The van der Waals surface area contributed by atoms with E-state index in [-0.39, 0.29) is 12.5 Å². The van der Waals surface area contributed by atoms with Crippen LogP contribution >= 0.6 is 0 Å². The average Bonchev–Trinajstić information content (AvgIpc) is 2.62. The summed E-state index contributed by atoms with van der Waals surface area (Å²) in [6.45, 7) is 5.14. The van der Waals surface area contributed by atoms with Gasteiger partial charge < -0.3 is 9.64 Å². The van der Waals surface area contributed by atoms with Gasteiger partial charge in [-0.2, -0.15) is 0 Å². The Morgan fingerprint density at radius 1 is 1.44 bits per heavy atom. The summed E-state index contributed by atoms with van der Waals surface area (Å²) in [6.07, 6.45) is 0.101. The van der Waals surface area contributed by atoms with Crippen LogP contribution in [0.5, 0.6) is 0 Å². The smallest absolute Gasteiger partial charge is 0.410 e. The lowest BCUT2D eigenvalue weighted by Crippen LogP contribution is -2.36. The van der Waals surface area contributed by atoms with Crippen LogP contribution < -0.4 is 0 Å². The first-order valence-corrected chi connectivity index (χ1v) is 5.40. The van der Waals surface area contributed by atoms with Crippen molar-refractivity contribution in [2.45, 2.75) is 32.8 Å². The molecule has 92 valence electrons. The first kappa shape index (κ1) is 12.9. The van der Waals surface area contributed by atoms with Gasteiger partial charge in [-0.05, 0) is 27.2 Å². The average molecular weight is 231 g/mol. The quantitative estimate of drug-likeness (QED) is 0.727. The van der Waals surface area contributed by atoms with Gasteiger partial charge >= 0.3 is 6.09 Å². The van der Waals surface area contributed by atoms with E-state index in [4.69, 9.17) is 4.74 Å². The number of rotatable bonds is 2. The molecule has 0 bridgehead atoms. The lowest BCUT2D eigenvalue weighted by molar-refractivity contribution is -0.123. The number of Topliss-reactive ketones (excluding diaryl/α,β-unsaturated/α-hetero) is 1. The van der Waals surface area contributed by atoms with E-state index in [1.807, 2.05) is 0 Å². The van der Waals surface area contributed by atoms with Crippen molar-refractivity contribution in [3.8, 4) is 0 Å². The molecule has 0 spiro atoms. The summed E-state index contributed by atoms with van der Waals surface area (Å²) >= 11 is 0. The summed E-state index contributed by atoms with van der Waals surface area (Å²) < 4.78 is 17.3. The SMILES string of the molecule is CC(C)(C)OC(=O)N1CCC(C(=O)CF)C1. The van der Waals surface area contributed by atoms with Crippen molar-refractivity contribution < 1.29 is 18.7 Å². The minimum Gasteiger partial charge on any atom is -0.444 e. The summed E-state index contributed by atoms with van der Waals surface area (Å²) in [5.41, 5.74) is -0.542. The molecule has 4 nitrogen and oxygen atoms in total. The van der Waals surface area contributed by atoms with Gasteiger partial charge in [-0.15, -0.1) is 0 Å². The number of ketones is 1. The zero-order chi connectivity index (χ0) is 12.3. The summed E-state index contributed by atoms with van der Waals surface area (Å²) in [6, 6.07) is 0. The first-order valence-electron chi connectivity index (χ1n) is 5.40. The highest BCUT2D eigenvalue weighted by molar-refractivity contribution is 5.83. The molecule has 1 unspecified atom stereocenters. The Morgan fingerprint density at radius 3 is 2.56 bits per heavy atom. The van der Waals surface area contributed by atoms with Crippen molar-refractivity contribution in [3.05, 3.63) is 0 Å². The Kier molecular flexibility index (Phi) is 3.88.